The van der Waals surface area contributed by atoms with Crippen LogP contribution in [0.3, 0.4) is 0 Å². The summed E-state index contributed by atoms with van der Waals surface area (Å²) in [5.41, 5.74) is 3.50. The number of fused-ring (bicyclic) bond motifs is 1. The lowest BCUT2D eigenvalue weighted by molar-refractivity contribution is 0.868. The highest BCUT2D eigenvalue weighted by Gasteiger charge is 2.10. The van der Waals surface area contributed by atoms with Gasteiger partial charge in [-0.15, -0.1) is 0 Å². The molecule has 15 heavy (non-hydrogen) atoms. The molecule has 1 aliphatic heterocycles. The van der Waals surface area contributed by atoms with Crippen molar-refractivity contribution in [1.29, 1.82) is 0 Å². The second-order valence-corrected chi connectivity index (χ2v) is 4.10. The van der Waals surface area contributed by atoms with Crippen LogP contribution in [-0.4, -0.2) is 12.8 Å². The first-order valence-electron chi connectivity index (χ1n) is 5.28. The number of allylic oxidation sites excluding steroid dienone is 1. The predicted molar refractivity (Wildman–Crippen MR) is 66.2 cm³/mol. The van der Waals surface area contributed by atoms with Crippen LogP contribution in [-0.2, 0) is 0 Å². The van der Waals surface area contributed by atoms with E-state index in [-0.39, 0.29) is 0 Å². The third-order valence-corrected chi connectivity index (χ3v) is 2.58. The van der Waals surface area contributed by atoms with E-state index in [9.17, 15) is 0 Å². The molecule has 1 aromatic carbocycles. The van der Waals surface area contributed by atoms with Crippen LogP contribution in [0.2, 0.25) is 0 Å². The maximum atomic E-state index is 4.58. The van der Waals surface area contributed by atoms with Crippen molar-refractivity contribution in [3.05, 3.63) is 35.9 Å². The maximum Gasteiger partial charge on any atom is 0.0663 e. The van der Waals surface area contributed by atoms with Gasteiger partial charge < -0.3 is 0 Å². The van der Waals surface area contributed by atoms with Crippen LogP contribution in [0.4, 0.5) is 5.69 Å². The molecule has 0 fully saturated rings. The van der Waals surface area contributed by atoms with Crippen molar-refractivity contribution < 1.29 is 0 Å². The zero-order valence-electron chi connectivity index (χ0n) is 9.44. The molecule has 0 spiro atoms. The summed E-state index contributed by atoms with van der Waals surface area (Å²) in [6.45, 7) is 4.32. The van der Waals surface area contributed by atoms with Crippen LogP contribution in [0.1, 0.15) is 19.4 Å². The fourth-order valence-corrected chi connectivity index (χ4v) is 1.67. The highest BCUT2D eigenvalue weighted by atomic mass is 15.4. The minimum absolute atomic E-state index is 0.456. The third kappa shape index (κ3) is 1.94. The van der Waals surface area contributed by atoms with Crippen LogP contribution in [0.5, 0.6) is 0 Å². The summed E-state index contributed by atoms with van der Waals surface area (Å²) in [6.07, 6.45) is 4.24. The van der Waals surface area contributed by atoms with Gasteiger partial charge >= 0.3 is 0 Å². The molecule has 2 rings (SSSR count). The van der Waals surface area contributed by atoms with Crippen LogP contribution in [0.25, 0.3) is 6.08 Å². The lowest BCUT2D eigenvalue weighted by Crippen LogP contribution is -2.14. The van der Waals surface area contributed by atoms with Crippen LogP contribution < -0.4 is 5.01 Å². The lowest BCUT2D eigenvalue weighted by atomic mass is 10.1. The van der Waals surface area contributed by atoms with Crippen molar-refractivity contribution in [1.82, 2.24) is 0 Å². The molecule has 1 heterocycles. The van der Waals surface area contributed by atoms with Gasteiger partial charge in [0.25, 0.3) is 0 Å². The van der Waals surface area contributed by atoms with E-state index >= 15 is 0 Å². The molecule has 0 atom stereocenters. The molecule has 1 aromatic rings. The minimum Gasteiger partial charge on any atom is -0.268 e. The van der Waals surface area contributed by atoms with Crippen LogP contribution in [0.15, 0.2) is 35.4 Å². The van der Waals surface area contributed by atoms with Gasteiger partial charge in [-0.2, -0.15) is 5.10 Å². The van der Waals surface area contributed by atoms with E-state index in [4.69, 9.17) is 0 Å². The molecule has 0 bridgehead atoms. The van der Waals surface area contributed by atoms with Gasteiger partial charge in [0.15, 0.2) is 0 Å². The Hall–Kier alpha value is -1.57. The largest absolute Gasteiger partial charge is 0.268 e. The van der Waals surface area contributed by atoms with E-state index in [1.54, 1.807) is 0 Å². The van der Waals surface area contributed by atoms with Crippen molar-refractivity contribution in [2.45, 2.75) is 13.8 Å². The minimum atomic E-state index is 0.456. The van der Waals surface area contributed by atoms with E-state index < -0.39 is 0 Å². The smallest absolute Gasteiger partial charge is 0.0663 e. The van der Waals surface area contributed by atoms with Gasteiger partial charge in [0.2, 0.25) is 0 Å². The Bertz CT molecular complexity index is 416. The average molecular weight is 200 g/mol. The van der Waals surface area contributed by atoms with Gasteiger partial charge in [0, 0.05) is 7.05 Å². The summed E-state index contributed by atoms with van der Waals surface area (Å²) in [7, 11) is 1.99. The van der Waals surface area contributed by atoms with Crippen molar-refractivity contribution in [2.24, 2.45) is 11.0 Å². The summed E-state index contributed by atoms with van der Waals surface area (Å²) < 4.78 is 0. The van der Waals surface area contributed by atoms with Crippen molar-refractivity contribution in [3.63, 3.8) is 0 Å². The van der Waals surface area contributed by atoms with E-state index in [2.05, 4.69) is 49.3 Å². The summed E-state index contributed by atoms with van der Waals surface area (Å²) in [4.78, 5) is 0. The fraction of sp³-hybridized carbons (Fsp3) is 0.308. The van der Waals surface area contributed by atoms with Gasteiger partial charge in [0.1, 0.15) is 0 Å². The summed E-state index contributed by atoms with van der Waals surface area (Å²) >= 11 is 0. The summed E-state index contributed by atoms with van der Waals surface area (Å²) in [6, 6.07) is 8.30. The van der Waals surface area contributed by atoms with Gasteiger partial charge in [0.05, 0.1) is 11.4 Å². The molecule has 0 saturated heterocycles. The van der Waals surface area contributed by atoms with Gasteiger partial charge in [-0.05, 0) is 23.6 Å². The maximum absolute atomic E-state index is 4.58. The lowest BCUT2D eigenvalue weighted by Gasteiger charge is -2.15. The zero-order chi connectivity index (χ0) is 10.8. The zero-order valence-corrected chi connectivity index (χ0v) is 9.44. The monoisotopic (exact) mass is 200 g/mol. The Morgan fingerprint density at radius 2 is 1.87 bits per heavy atom. The van der Waals surface area contributed by atoms with E-state index in [1.807, 2.05) is 18.1 Å². The second-order valence-electron chi connectivity index (χ2n) is 4.10. The Morgan fingerprint density at radius 1 is 1.13 bits per heavy atom. The molecule has 0 amide bonds. The second kappa shape index (κ2) is 3.89. The Morgan fingerprint density at radius 3 is 2.60 bits per heavy atom. The van der Waals surface area contributed by atoms with Crippen LogP contribution >= 0.6 is 0 Å². The van der Waals surface area contributed by atoms with Crippen molar-refractivity contribution >= 4 is 17.5 Å². The number of hydrazone groups is 1. The highest BCUT2D eigenvalue weighted by molar-refractivity contribution is 6.01. The van der Waals surface area contributed by atoms with Gasteiger partial charge in [-0.3, -0.25) is 5.01 Å². The quantitative estimate of drug-likeness (QED) is 0.680. The average Bonchev–Trinajstić information content (AvgIpc) is 2.39. The van der Waals surface area contributed by atoms with Gasteiger partial charge in [-0.1, -0.05) is 38.1 Å². The van der Waals surface area contributed by atoms with E-state index in [0.717, 1.165) is 11.4 Å². The van der Waals surface area contributed by atoms with Crippen LogP contribution in [0, 0.1) is 5.92 Å². The number of rotatable bonds is 1. The predicted octanol–water partition coefficient (Wildman–Crippen LogP) is 3.16. The van der Waals surface area contributed by atoms with E-state index in [0.29, 0.717) is 5.92 Å². The molecule has 0 aromatic heterocycles. The molecular weight excluding hydrogens is 184 g/mol. The number of para-hydroxylation sites is 1. The Labute approximate surface area is 90.9 Å². The number of benzene rings is 1. The first-order valence-corrected chi connectivity index (χ1v) is 5.28. The highest BCUT2D eigenvalue weighted by Crippen LogP contribution is 2.24. The SMILES string of the molecule is CC(C)C1=NN(C)c2ccccc2C=C1. The molecular formula is C13H16N2. The molecule has 0 N–H and O–H groups in total. The molecule has 78 valence electrons. The van der Waals surface area contributed by atoms with Crippen molar-refractivity contribution in [3.8, 4) is 0 Å². The summed E-state index contributed by atoms with van der Waals surface area (Å²) in [5, 5.41) is 6.53. The molecule has 0 aliphatic carbocycles. The van der Waals surface area contributed by atoms with Crippen molar-refractivity contribution in [2.75, 3.05) is 12.1 Å². The normalized spacial score (nSPS) is 14.9. The molecule has 2 nitrogen and oxygen atoms in total. The number of hydrogen-bond acceptors (Lipinski definition) is 2. The molecule has 0 radical (unpaired) electrons. The number of hydrogen-bond donors (Lipinski definition) is 0. The Kier molecular flexibility index (Phi) is 2.58. The molecule has 1 aliphatic rings. The topological polar surface area (TPSA) is 15.6 Å². The third-order valence-electron chi connectivity index (χ3n) is 2.58. The first-order chi connectivity index (χ1) is 7.18. The standard InChI is InChI=1S/C13H16N2/c1-10(2)12-9-8-11-6-4-5-7-13(11)15(3)14-12/h4-10H,1-3H3. The fourth-order valence-electron chi connectivity index (χ4n) is 1.67. The number of anilines is 1. The Balaban J connectivity index is 2.46. The molecule has 2 heteroatoms. The van der Waals surface area contributed by atoms with Gasteiger partial charge in [-0.25, -0.2) is 0 Å². The number of nitrogens with zero attached hydrogens (tertiary/aromatic N) is 2. The molecule has 0 unspecified atom stereocenters. The van der Waals surface area contributed by atoms with E-state index in [1.165, 1.54) is 5.56 Å². The first kappa shape index (κ1) is 9.97. The summed E-state index contributed by atoms with van der Waals surface area (Å²) in [5.74, 6) is 0.456. The molecule has 0 saturated carbocycles.